The van der Waals surface area contributed by atoms with Gasteiger partial charge in [-0.15, -0.1) is 0 Å². The van der Waals surface area contributed by atoms with Crippen LogP contribution in [0, 0.1) is 5.92 Å². The maximum Gasteiger partial charge on any atom is 0.319 e. The molecule has 0 aromatic carbocycles. The number of fused-ring (bicyclic) bond motifs is 4. The number of amides is 1. The van der Waals surface area contributed by atoms with E-state index in [0.29, 0.717) is 24.2 Å². The molecule has 0 unspecified atom stereocenters. The van der Waals surface area contributed by atoms with Crippen LogP contribution in [0.3, 0.4) is 0 Å². The lowest BCUT2D eigenvalue weighted by Crippen LogP contribution is -2.49. The number of carbonyl (C=O) groups excluding carboxylic acids is 1. The van der Waals surface area contributed by atoms with Crippen molar-refractivity contribution in [3.05, 3.63) is 76.7 Å². The van der Waals surface area contributed by atoms with Gasteiger partial charge in [0.05, 0.1) is 0 Å². The number of nitrogens with zero attached hydrogens (tertiary/aromatic N) is 4. The fraction of sp³-hybridized carbons (Fsp3) is 0.318. The van der Waals surface area contributed by atoms with Gasteiger partial charge in [-0.25, -0.2) is 0 Å². The van der Waals surface area contributed by atoms with E-state index in [1.165, 1.54) is 18.3 Å². The zero-order valence-electron chi connectivity index (χ0n) is 16.1. The van der Waals surface area contributed by atoms with Gasteiger partial charge in [0, 0.05) is 61.5 Å². The van der Waals surface area contributed by atoms with Crippen LogP contribution in [-0.4, -0.2) is 38.0 Å². The smallest absolute Gasteiger partial charge is 0.319 e. The summed E-state index contributed by atoms with van der Waals surface area (Å²) >= 11 is 0. The second-order valence-corrected chi connectivity index (χ2v) is 7.95. The topological polar surface area (TPSA) is 60.1 Å². The van der Waals surface area contributed by atoms with Gasteiger partial charge in [0.15, 0.2) is 0 Å². The summed E-state index contributed by atoms with van der Waals surface area (Å²) in [6.45, 7) is -1.37. The summed E-state index contributed by atoms with van der Waals surface area (Å²) in [6, 6.07) is 10.2. The Morgan fingerprint density at radius 3 is 2.73 bits per heavy atom. The van der Waals surface area contributed by atoms with Crippen LogP contribution in [0.4, 0.5) is 8.78 Å². The van der Waals surface area contributed by atoms with Crippen molar-refractivity contribution < 1.29 is 13.6 Å². The Morgan fingerprint density at radius 2 is 1.97 bits per heavy atom. The first kappa shape index (κ1) is 18.7. The van der Waals surface area contributed by atoms with Crippen LogP contribution in [0.5, 0.6) is 0 Å². The second-order valence-electron chi connectivity index (χ2n) is 7.95. The van der Waals surface area contributed by atoms with Crippen molar-refractivity contribution in [3.63, 3.8) is 0 Å². The van der Waals surface area contributed by atoms with Crippen molar-refractivity contribution in [2.75, 3.05) is 13.1 Å². The monoisotopic (exact) mass is 410 g/mol. The Balaban J connectivity index is 1.48. The zero-order chi connectivity index (χ0) is 20.8. The van der Waals surface area contributed by atoms with Gasteiger partial charge in [-0.05, 0) is 42.2 Å². The molecule has 2 aliphatic heterocycles. The van der Waals surface area contributed by atoms with E-state index in [-0.39, 0.29) is 23.1 Å². The third-order valence-corrected chi connectivity index (χ3v) is 6.05. The summed E-state index contributed by atoms with van der Waals surface area (Å²) in [4.78, 5) is 31.5. The maximum atomic E-state index is 13.2. The summed E-state index contributed by atoms with van der Waals surface area (Å²) in [5, 5.41) is 0. The highest BCUT2D eigenvalue weighted by molar-refractivity contribution is 5.93. The van der Waals surface area contributed by atoms with Crippen LogP contribution in [0.1, 0.15) is 35.1 Å². The fourth-order valence-corrected chi connectivity index (χ4v) is 4.73. The van der Waals surface area contributed by atoms with E-state index in [9.17, 15) is 18.4 Å². The average molecular weight is 410 g/mol. The number of halogens is 2. The maximum absolute atomic E-state index is 13.2. The Hall–Kier alpha value is -3.29. The highest BCUT2D eigenvalue weighted by Crippen LogP contribution is 2.37. The number of alkyl halides is 2. The molecule has 1 fully saturated rings. The summed E-state index contributed by atoms with van der Waals surface area (Å²) in [5.41, 5.74) is 2.48. The normalized spacial score (nSPS) is 20.3. The Morgan fingerprint density at radius 1 is 1.10 bits per heavy atom. The van der Waals surface area contributed by atoms with Gasteiger partial charge in [0.1, 0.15) is 5.69 Å². The molecule has 8 heteroatoms. The average Bonchev–Trinajstić information content (AvgIpc) is 3.24. The number of rotatable bonds is 3. The molecular weight excluding hydrogens is 390 g/mol. The lowest BCUT2D eigenvalue weighted by Gasteiger charge is -2.43. The van der Waals surface area contributed by atoms with Crippen molar-refractivity contribution in [2.45, 2.75) is 25.4 Å². The predicted octanol–water partition coefficient (Wildman–Crippen LogP) is 3.37. The van der Waals surface area contributed by atoms with E-state index >= 15 is 0 Å². The molecule has 0 aliphatic carbocycles. The van der Waals surface area contributed by atoms with Gasteiger partial charge >= 0.3 is 6.55 Å². The zero-order valence-corrected chi connectivity index (χ0v) is 16.1. The number of hydrogen-bond acceptors (Lipinski definition) is 3. The molecule has 3 aromatic rings. The van der Waals surface area contributed by atoms with Gasteiger partial charge in [-0.3, -0.25) is 19.1 Å². The van der Waals surface area contributed by atoms with Gasteiger partial charge in [0.2, 0.25) is 0 Å². The number of piperidine rings is 1. The molecule has 1 saturated heterocycles. The summed E-state index contributed by atoms with van der Waals surface area (Å²) in [5.74, 6) is -0.285. The molecule has 2 atom stereocenters. The third-order valence-electron chi connectivity index (χ3n) is 6.05. The second kappa shape index (κ2) is 7.19. The summed E-state index contributed by atoms with van der Waals surface area (Å²) < 4.78 is 28.9. The lowest BCUT2D eigenvalue weighted by molar-refractivity contribution is 0.0477. The summed E-state index contributed by atoms with van der Waals surface area (Å²) in [6.07, 6.45) is 5.49. The van der Waals surface area contributed by atoms with E-state index in [1.54, 1.807) is 27.9 Å². The van der Waals surface area contributed by atoms with Crippen LogP contribution in [0.25, 0.3) is 11.1 Å². The van der Waals surface area contributed by atoms with Crippen molar-refractivity contribution in [1.82, 2.24) is 19.0 Å². The van der Waals surface area contributed by atoms with E-state index in [0.717, 1.165) is 23.2 Å². The van der Waals surface area contributed by atoms with Gasteiger partial charge in [-0.2, -0.15) is 8.78 Å². The number of carbonyl (C=O) groups is 1. The Bertz CT molecular complexity index is 1160. The molecule has 30 heavy (non-hydrogen) atoms. The molecule has 5 heterocycles. The first-order valence-electron chi connectivity index (χ1n) is 9.90. The van der Waals surface area contributed by atoms with Crippen molar-refractivity contribution in [1.29, 1.82) is 0 Å². The number of hydrogen-bond donors (Lipinski definition) is 0. The lowest BCUT2D eigenvalue weighted by atomic mass is 9.82. The molecule has 0 N–H and O–H groups in total. The van der Waals surface area contributed by atoms with Gasteiger partial charge in [-0.1, -0.05) is 6.07 Å². The number of likely N-dealkylation sites (tertiary alicyclic amines) is 1. The number of pyridine rings is 2. The number of aromatic nitrogens is 3. The van der Waals surface area contributed by atoms with Crippen LogP contribution in [0.15, 0.2) is 59.8 Å². The SMILES string of the molecule is O=C(c1cccn1C(F)F)N1C[C@@H]2C[C@H](C1)c1cc(-c3cccnc3)cc(=O)n1C2. The van der Waals surface area contributed by atoms with E-state index < -0.39 is 12.5 Å². The molecule has 0 spiro atoms. The molecule has 1 amide bonds. The van der Waals surface area contributed by atoms with E-state index in [1.807, 2.05) is 18.2 Å². The predicted molar refractivity (Wildman–Crippen MR) is 106 cm³/mol. The highest BCUT2D eigenvalue weighted by atomic mass is 19.3. The fourth-order valence-electron chi connectivity index (χ4n) is 4.73. The van der Waals surface area contributed by atoms with Gasteiger partial charge < -0.3 is 9.47 Å². The quantitative estimate of drug-likeness (QED) is 0.665. The molecule has 0 radical (unpaired) electrons. The van der Waals surface area contributed by atoms with Crippen LogP contribution in [-0.2, 0) is 6.54 Å². The molecule has 154 valence electrons. The standard InChI is InChI=1S/C22H20F2N4O2/c23-22(24)27-6-2-4-18(27)21(30)26-11-14-7-17(13-26)19-8-16(9-20(29)28(19)12-14)15-3-1-5-25-10-15/h1-6,8-10,14,17,22H,7,11-13H2/t14-,17+/m0/s1. The molecule has 0 saturated carbocycles. The minimum Gasteiger partial charge on any atom is -0.336 e. The molecule has 6 nitrogen and oxygen atoms in total. The van der Waals surface area contributed by atoms with Crippen LogP contribution in [0.2, 0.25) is 0 Å². The first-order valence-corrected chi connectivity index (χ1v) is 9.90. The molecule has 5 rings (SSSR count). The van der Waals surface area contributed by atoms with E-state index in [2.05, 4.69) is 4.98 Å². The Kier molecular flexibility index (Phi) is 4.49. The van der Waals surface area contributed by atoms with Crippen LogP contribution < -0.4 is 5.56 Å². The first-order chi connectivity index (χ1) is 14.5. The Labute approximate surface area is 171 Å². The molecule has 3 aromatic heterocycles. The van der Waals surface area contributed by atoms with Crippen LogP contribution >= 0.6 is 0 Å². The van der Waals surface area contributed by atoms with Crippen molar-refractivity contribution >= 4 is 5.91 Å². The third kappa shape index (κ3) is 3.12. The van der Waals surface area contributed by atoms with E-state index in [4.69, 9.17) is 0 Å². The van der Waals surface area contributed by atoms with Crippen molar-refractivity contribution in [2.24, 2.45) is 5.92 Å². The van der Waals surface area contributed by atoms with Crippen molar-refractivity contribution in [3.8, 4) is 11.1 Å². The minimum atomic E-state index is -2.76. The molecule has 2 bridgehead atoms. The largest absolute Gasteiger partial charge is 0.336 e. The molecular formula is C22H20F2N4O2. The van der Waals surface area contributed by atoms with Gasteiger partial charge in [0.25, 0.3) is 11.5 Å². The summed E-state index contributed by atoms with van der Waals surface area (Å²) in [7, 11) is 0. The minimum absolute atomic E-state index is 0.00789. The highest BCUT2D eigenvalue weighted by Gasteiger charge is 2.37. The molecule has 2 aliphatic rings.